The summed E-state index contributed by atoms with van der Waals surface area (Å²) >= 11 is 6.06. The Labute approximate surface area is 224 Å². The molecule has 0 saturated carbocycles. The molecule has 14 heteroatoms. The molecule has 0 spiro atoms. The van der Waals surface area contributed by atoms with Crippen LogP contribution in [0, 0.1) is 17.0 Å². The van der Waals surface area contributed by atoms with Crippen molar-refractivity contribution in [1.82, 2.24) is 25.9 Å². The maximum atomic E-state index is 15.2. The van der Waals surface area contributed by atoms with E-state index in [4.69, 9.17) is 21.5 Å². The standard InChI is InChI=1S/C24H25ClF2N7O3P/c1-4-34(32-23(35)19-8-20(38)33-37-19)24(36)31-12(2)22-18(27)5-13(11-30-22)16-6-15(25)7-17(26)21(16)14(9-28)10-29-3/h5-12,14,28H,4,38H2,1-3H3,(H,31,36)(H,32,35). The summed E-state index contributed by atoms with van der Waals surface area (Å²) in [5.41, 5.74) is 3.29. The van der Waals surface area contributed by atoms with Gasteiger partial charge in [-0.1, -0.05) is 26.0 Å². The van der Waals surface area contributed by atoms with Crippen LogP contribution < -0.4 is 16.2 Å². The maximum absolute atomic E-state index is 15.2. The van der Waals surface area contributed by atoms with Crippen molar-refractivity contribution in [1.29, 1.82) is 5.41 Å². The zero-order chi connectivity index (χ0) is 28.0. The number of urea groups is 1. The largest absolute Gasteiger partial charge is 0.350 e. The van der Waals surface area contributed by atoms with Gasteiger partial charge in [-0.15, -0.1) is 0 Å². The number of nitrogens with one attached hydrogen (secondary N) is 3. The summed E-state index contributed by atoms with van der Waals surface area (Å²) < 4.78 is 34.9. The molecule has 0 aliphatic carbocycles. The molecular weight excluding hydrogens is 539 g/mol. The van der Waals surface area contributed by atoms with Gasteiger partial charge >= 0.3 is 11.9 Å². The molecule has 0 aliphatic rings. The predicted octanol–water partition coefficient (Wildman–Crippen LogP) is 4.04. The minimum atomic E-state index is -0.899. The molecule has 0 radical (unpaired) electrons. The van der Waals surface area contributed by atoms with Crippen LogP contribution in [0.2, 0.25) is 5.02 Å². The Morgan fingerprint density at radius 1 is 1.29 bits per heavy atom. The topological polar surface area (TPSA) is 137 Å². The summed E-state index contributed by atoms with van der Waals surface area (Å²) in [5, 5.41) is 14.9. The van der Waals surface area contributed by atoms with Crippen molar-refractivity contribution in [2.75, 3.05) is 13.6 Å². The molecule has 3 amide bonds. The van der Waals surface area contributed by atoms with Crippen LogP contribution in [0.5, 0.6) is 0 Å². The Kier molecular flexibility index (Phi) is 9.60. The molecule has 0 saturated heterocycles. The second kappa shape index (κ2) is 12.7. The summed E-state index contributed by atoms with van der Waals surface area (Å²) in [7, 11) is 3.77. The van der Waals surface area contributed by atoms with E-state index in [1.54, 1.807) is 6.92 Å². The number of rotatable bonds is 8. The Hall–Kier alpha value is -3.76. The molecule has 38 heavy (non-hydrogen) atoms. The average Bonchev–Trinajstić information content (AvgIpc) is 3.31. The zero-order valence-corrected chi connectivity index (χ0v) is 22.5. The summed E-state index contributed by atoms with van der Waals surface area (Å²) in [4.78, 5) is 33.1. The molecule has 2 heterocycles. The van der Waals surface area contributed by atoms with Crippen LogP contribution in [0.25, 0.3) is 11.1 Å². The van der Waals surface area contributed by atoms with Crippen LogP contribution in [0.3, 0.4) is 0 Å². The van der Waals surface area contributed by atoms with Gasteiger partial charge in [0, 0.05) is 54.4 Å². The lowest BCUT2D eigenvalue weighted by Crippen LogP contribution is -2.51. The first-order chi connectivity index (χ1) is 18.1. The number of pyridine rings is 1. The van der Waals surface area contributed by atoms with Gasteiger partial charge in [0.1, 0.15) is 17.1 Å². The zero-order valence-electron chi connectivity index (χ0n) is 20.6. The number of nitrogens with zero attached hydrogens (tertiary/aromatic N) is 4. The number of aliphatic imine (C=N–C) groups is 1. The lowest BCUT2D eigenvalue weighted by Gasteiger charge is -2.24. The quantitative estimate of drug-likeness (QED) is 0.216. The fourth-order valence-electron chi connectivity index (χ4n) is 3.62. The second-order valence-electron chi connectivity index (χ2n) is 8.01. The first-order valence-corrected chi connectivity index (χ1v) is 12.2. The number of hydrogen-bond donors (Lipinski definition) is 3. The first-order valence-electron chi connectivity index (χ1n) is 11.3. The lowest BCUT2D eigenvalue weighted by molar-refractivity contribution is 0.0792. The Bertz CT molecular complexity index is 1390. The highest BCUT2D eigenvalue weighted by atomic mass is 35.5. The Morgan fingerprint density at radius 3 is 2.61 bits per heavy atom. The van der Waals surface area contributed by atoms with Crippen LogP contribution in [-0.4, -0.2) is 53.1 Å². The number of hydrogen-bond acceptors (Lipinski definition) is 7. The van der Waals surface area contributed by atoms with Gasteiger partial charge in [-0.05, 0) is 37.6 Å². The highest BCUT2D eigenvalue weighted by molar-refractivity contribution is 7.26. The SMILES string of the molecule is CCN(NC(=O)c1cc(P)no1)C(=O)NC(C)c1ncc(-c2cc(Cl)cc(F)c2C(C=N)C=NC)cc1F. The van der Waals surface area contributed by atoms with E-state index in [0.29, 0.717) is 5.44 Å². The van der Waals surface area contributed by atoms with Crippen LogP contribution in [0.15, 0.2) is 40.0 Å². The van der Waals surface area contributed by atoms with Gasteiger partial charge < -0.3 is 15.2 Å². The van der Waals surface area contributed by atoms with E-state index in [1.165, 1.54) is 38.5 Å². The fraction of sp³-hybridized carbons (Fsp3) is 0.250. The average molecular weight is 564 g/mol. The number of hydrazine groups is 1. The number of halogens is 3. The van der Waals surface area contributed by atoms with Crippen molar-refractivity contribution in [3.63, 3.8) is 0 Å². The van der Waals surface area contributed by atoms with Gasteiger partial charge in [0.05, 0.1) is 17.7 Å². The number of benzene rings is 1. The summed E-state index contributed by atoms with van der Waals surface area (Å²) in [6.07, 6.45) is 3.72. The summed E-state index contributed by atoms with van der Waals surface area (Å²) in [6.45, 7) is 3.24. The first kappa shape index (κ1) is 28.8. The third kappa shape index (κ3) is 6.56. The molecule has 3 N–H and O–H groups in total. The molecule has 0 bridgehead atoms. The minimum absolute atomic E-state index is 0.0875. The van der Waals surface area contributed by atoms with Gasteiger partial charge in [-0.2, -0.15) is 0 Å². The Morgan fingerprint density at radius 2 is 2.03 bits per heavy atom. The van der Waals surface area contributed by atoms with Crippen molar-refractivity contribution < 1.29 is 22.9 Å². The van der Waals surface area contributed by atoms with Crippen molar-refractivity contribution in [3.8, 4) is 11.1 Å². The predicted molar refractivity (Wildman–Crippen MR) is 143 cm³/mol. The lowest BCUT2D eigenvalue weighted by atomic mass is 9.91. The van der Waals surface area contributed by atoms with Gasteiger partial charge in [0.2, 0.25) is 5.76 Å². The highest BCUT2D eigenvalue weighted by Gasteiger charge is 2.24. The van der Waals surface area contributed by atoms with Gasteiger partial charge in [0.15, 0.2) is 0 Å². The van der Waals surface area contributed by atoms with Crippen molar-refractivity contribution in [2.24, 2.45) is 4.99 Å². The minimum Gasteiger partial charge on any atom is -0.350 e. The van der Waals surface area contributed by atoms with Gasteiger partial charge in [-0.3, -0.25) is 20.2 Å². The number of carbonyl (C=O) groups is 2. The molecule has 10 nitrogen and oxygen atoms in total. The normalized spacial score (nSPS) is 12.7. The van der Waals surface area contributed by atoms with Crippen LogP contribution in [0.1, 0.15) is 47.6 Å². The molecule has 0 aliphatic heterocycles. The molecule has 0 fully saturated rings. The molecule has 3 atom stereocenters. The highest BCUT2D eigenvalue weighted by Crippen LogP contribution is 2.34. The van der Waals surface area contributed by atoms with Crippen LogP contribution in [0.4, 0.5) is 13.6 Å². The van der Waals surface area contributed by atoms with E-state index < -0.39 is 35.5 Å². The van der Waals surface area contributed by atoms with E-state index in [9.17, 15) is 14.0 Å². The molecule has 2 aromatic heterocycles. The van der Waals surface area contributed by atoms with Gasteiger partial charge in [-0.25, -0.2) is 18.6 Å². The maximum Gasteiger partial charge on any atom is 0.336 e. The van der Waals surface area contributed by atoms with E-state index >= 15 is 4.39 Å². The molecule has 200 valence electrons. The number of amides is 3. The van der Waals surface area contributed by atoms with Crippen molar-refractivity contribution in [2.45, 2.75) is 25.8 Å². The molecule has 3 rings (SSSR count). The van der Waals surface area contributed by atoms with Crippen molar-refractivity contribution in [3.05, 3.63) is 64.1 Å². The number of aromatic nitrogens is 2. The van der Waals surface area contributed by atoms with E-state index in [1.807, 2.05) is 0 Å². The number of carbonyl (C=O) groups excluding carboxylic acids is 2. The summed E-state index contributed by atoms with van der Waals surface area (Å²) in [5.74, 6) is -3.02. The van der Waals surface area contributed by atoms with Gasteiger partial charge in [0.25, 0.3) is 0 Å². The second-order valence-corrected chi connectivity index (χ2v) is 9.04. The van der Waals surface area contributed by atoms with E-state index in [0.717, 1.165) is 23.4 Å². The molecule has 1 aromatic carbocycles. The van der Waals surface area contributed by atoms with E-state index in [2.05, 4.69) is 35.1 Å². The molecule has 3 unspecified atom stereocenters. The summed E-state index contributed by atoms with van der Waals surface area (Å²) in [6, 6.07) is 3.48. The fourth-order valence-corrected chi connectivity index (χ4v) is 4.03. The molecule has 3 aromatic rings. The Balaban J connectivity index is 1.83. The third-order valence-electron chi connectivity index (χ3n) is 5.40. The smallest absolute Gasteiger partial charge is 0.336 e. The molecular formula is C24H25ClF2N7O3P. The third-order valence-corrected chi connectivity index (χ3v) is 5.89. The van der Waals surface area contributed by atoms with Crippen LogP contribution >= 0.6 is 20.8 Å². The van der Waals surface area contributed by atoms with E-state index in [-0.39, 0.29) is 39.7 Å². The van der Waals surface area contributed by atoms with Crippen LogP contribution in [-0.2, 0) is 0 Å². The monoisotopic (exact) mass is 563 g/mol. The van der Waals surface area contributed by atoms with Crippen molar-refractivity contribution >= 4 is 50.6 Å².